The third-order valence-corrected chi connectivity index (χ3v) is 4.87. The van der Waals surface area contributed by atoms with Gasteiger partial charge in [0.05, 0.1) is 12.0 Å². The Hall–Kier alpha value is -2.24. The van der Waals surface area contributed by atoms with Gasteiger partial charge >= 0.3 is 0 Å². The predicted octanol–water partition coefficient (Wildman–Crippen LogP) is 2.20. The number of aromatic nitrogens is 1. The normalized spacial score (nSPS) is 16.4. The summed E-state index contributed by atoms with van der Waals surface area (Å²) in [6, 6.07) is 12.2. The van der Waals surface area contributed by atoms with Gasteiger partial charge in [-0.1, -0.05) is 24.3 Å². The number of benzene rings is 1. The molecule has 1 aromatic carbocycles. The maximum absolute atomic E-state index is 12.8. The first kappa shape index (κ1) is 17.6. The molecule has 0 bridgehead atoms. The van der Waals surface area contributed by atoms with E-state index in [2.05, 4.69) is 22.4 Å². The molecule has 25 heavy (non-hydrogen) atoms. The van der Waals surface area contributed by atoms with E-state index in [9.17, 15) is 4.79 Å². The van der Waals surface area contributed by atoms with Crippen LogP contribution in [-0.4, -0.2) is 42.4 Å². The second-order valence-corrected chi connectivity index (χ2v) is 6.44. The van der Waals surface area contributed by atoms with Crippen LogP contribution in [0.3, 0.4) is 0 Å². The molecule has 5 nitrogen and oxygen atoms in total. The topological polar surface area (TPSA) is 71.5 Å². The number of carbonyl (C=O) groups excluding carboxylic acids is 1. The first-order chi connectivity index (χ1) is 12.2. The number of nitrogens with zero attached hydrogens (tertiary/aromatic N) is 1. The van der Waals surface area contributed by atoms with E-state index in [1.54, 1.807) is 12.4 Å². The monoisotopic (exact) mass is 340 g/mol. The molecule has 2 aromatic rings. The van der Waals surface area contributed by atoms with Gasteiger partial charge in [-0.25, -0.2) is 0 Å². The highest BCUT2D eigenvalue weighted by Gasteiger charge is 2.40. The van der Waals surface area contributed by atoms with Gasteiger partial charge in [0.1, 0.15) is 0 Å². The number of aliphatic hydroxyl groups is 1. The first-order valence-electron chi connectivity index (χ1n) is 8.70. The highest BCUT2D eigenvalue weighted by atomic mass is 16.5. The molecule has 1 amide bonds. The van der Waals surface area contributed by atoms with Crippen LogP contribution in [0.1, 0.15) is 18.4 Å². The summed E-state index contributed by atoms with van der Waals surface area (Å²) in [5.74, 6) is 0.00869. The summed E-state index contributed by atoms with van der Waals surface area (Å²) >= 11 is 0. The number of aliphatic hydroxyl groups excluding tert-OH is 1. The van der Waals surface area contributed by atoms with Crippen LogP contribution in [0.2, 0.25) is 0 Å². The van der Waals surface area contributed by atoms with E-state index in [1.807, 2.05) is 24.3 Å². The van der Waals surface area contributed by atoms with Crippen LogP contribution in [0.25, 0.3) is 11.1 Å². The third kappa shape index (κ3) is 4.06. The summed E-state index contributed by atoms with van der Waals surface area (Å²) in [6.45, 7) is 1.41. The summed E-state index contributed by atoms with van der Waals surface area (Å²) in [4.78, 5) is 16.9. The summed E-state index contributed by atoms with van der Waals surface area (Å²) in [5, 5.41) is 11.9. The largest absolute Gasteiger partial charge is 0.395 e. The second-order valence-electron chi connectivity index (χ2n) is 6.44. The van der Waals surface area contributed by atoms with Crippen molar-refractivity contribution in [3.05, 3.63) is 54.4 Å². The molecule has 1 aliphatic heterocycles. The molecule has 2 N–H and O–H groups in total. The molecule has 2 heterocycles. The molecule has 5 heteroatoms. The molecule has 1 fully saturated rings. The minimum atomic E-state index is -0.490. The fourth-order valence-corrected chi connectivity index (χ4v) is 3.46. The van der Waals surface area contributed by atoms with E-state index in [-0.39, 0.29) is 19.1 Å². The average molecular weight is 340 g/mol. The number of hydrogen-bond donors (Lipinski definition) is 2. The van der Waals surface area contributed by atoms with Crippen LogP contribution in [0.15, 0.2) is 48.8 Å². The van der Waals surface area contributed by atoms with Crippen LogP contribution in [0, 0.1) is 5.41 Å². The Morgan fingerprint density at radius 3 is 2.60 bits per heavy atom. The first-order valence-corrected chi connectivity index (χ1v) is 8.70. The lowest BCUT2D eigenvalue weighted by molar-refractivity contribution is -0.136. The van der Waals surface area contributed by atoms with Gasteiger partial charge in [-0.05, 0) is 48.1 Å². The van der Waals surface area contributed by atoms with Crippen molar-refractivity contribution in [2.45, 2.75) is 19.3 Å². The number of carbonyl (C=O) groups is 1. The van der Waals surface area contributed by atoms with E-state index in [1.165, 1.54) is 0 Å². The van der Waals surface area contributed by atoms with Crippen LogP contribution >= 0.6 is 0 Å². The Kier molecular flexibility index (Phi) is 5.79. The molecular weight excluding hydrogens is 316 g/mol. The molecule has 132 valence electrons. The number of hydrogen-bond acceptors (Lipinski definition) is 4. The molecule has 0 unspecified atom stereocenters. The van der Waals surface area contributed by atoms with Crippen molar-refractivity contribution < 1.29 is 14.6 Å². The highest BCUT2D eigenvalue weighted by molar-refractivity contribution is 5.83. The van der Waals surface area contributed by atoms with Crippen LogP contribution in [0.5, 0.6) is 0 Å². The van der Waals surface area contributed by atoms with E-state index in [0.717, 1.165) is 16.7 Å². The number of amides is 1. The third-order valence-electron chi connectivity index (χ3n) is 4.87. The van der Waals surface area contributed by atoms with Gasteiger partial charge in [-0.15, -0.1) is 0 Å². The standard InChI is InChI=1S/C20H24N2O3/c23-12-11-22-19(24)20(7-13-25-14-8-20)15-17-3-1-2-4-18(17)16-5-9-21-10-6-16/h1-6,9-10,23H,7-8,11-15H2,(H,22,24). The predicted molar refractivity (Wildman–Crippen MR) is 96.0 cm³/mol. The van der Waals surface area contributed by atoms with Gasteiger partial charge in [0.15, 0.2) is 0 Å². The molecular formula is C20H24N2O3. The smallest absolute Gasteiger partial charge is 0.226 e. The van der Waals surface area contributed by atoms with Gasteiger partial charge in [0, 0.05) is 32.2 Å². The minimum absolute atomic E-state index is 0.00869. The number of pyridine rings is 1. The zero-order chi connectivity index (χ0) is 17.5. The van der Waals surface area contributed by atoms with Gasteiger partial charge in [0.25, 0.3) is 0 Å². The molecule has 0 spiro atoms. The zero-order valence-corrected chi connectivity index (χ0v) is 14.3. The molecule has 0 aliphatic carbocycles. The second kappa shape index (κ2) is 8.23. The van der Waals surface area contributed by atoms with Crippen LogP contribution in [-0.2, 0) is 16.0 Å². The Balaban J connectivity index is 1.91. The van der Waals surface area contributed by atoms with Gasteiger partial charge in [0.2, 0.25) is 5.91 Å². The van der Waals surface area contributed by atoms with Crippen molar-refractivity contribution in [1.82, 2.24) is 10.3 Å². The van der Waals surface area contributed by atoms with Crippen molar-refractivity contribution in [3.8, 4) is 11.1 Å². The fourth-order valence-electron chi connectivity index (χ4n) is 3.46. The maximum Gasteiger partial charge on any atom is 0.226 e. The molecule has 0 radical (unpaired) electrons. The summed E-state index contributed by atoms with van der Waals surface area (Å²) in [6.07, 6.45) is 5.60. The van der Waals surface area contributed by atoms with Gasteiger partial charge in [-0.3, -0.25) is 9.78 Å². The molecule has 3 rings (SSSR count). The highest BCUT2D eigenvalue weighted by Crippen LogP contribution is 2.37. The zero-order valence-electron chi connectivity index (χ0n) is 14.3. The molecule has 0 atom stereocenters. The summed E-state index contributed by atoms with van der Waals surface area (Å²) in [5.41, 5.74) is 2.89. The Labute approximate surface area is 148 Å². The van der Waals surface area contributed by atoms with Crippen molar-refractivity contribution in [2.24, 2.45) is 5.41 Å². The Morgan fingerprint density at radius 2 is 1.88 bits per heavy atom. The molecule has 0 saturated carbocycles. The van der Waals surface area contributed by atoms with Crippen molar-refractivity contribution in [3.63, 3.8) is 0 Å². The van der Waals surface area contributed by atoms with E-state index in [4.69, 9.17) is 9.84 Å². The minimum Gasteiger partial charge on any atom is -0.395 e. The summed E-state index contributed by atoms with van der Waals surface area (Å²) < 4.78 is 5.49. The SMILES string of the molecule is O=C(NCCO)C1(Cc2ccccc2-c2ccncc2)CCOCC1. The lowest BCUT2D eigenvalue weighted by Crippen LogP contribution is -2.46. The van der Waals surface area contributed by atoms with E-state index in [0.29, 0.717) is 32.5 Å². The van der Waals surface area contributed by atoms with Gasteiger partial charge in [-0.2, -0.15) is 0 Å². The number of ether oxygens (including phenoxy) is 1. The van der Waals surface area contributed by atoms with Crippen molar-refractivity contribution >= 4 is 5.91 Å². The van der Waals surface area contributed by atoms with Crippen molar-refractivity contribution in [1.29, 1.82) is 0 Å². The lowest BCUT2D eigenvalue weighted by Gasteiger charge is -2.36. The Bertz CT molecular complexity index is 697. The maximum atomic E-state index is 12.8. The van der Waals surface area contributed by atoms with Crippen molar-refractivity contribution in [2.75, 3.05) is 26.4 Å². The molecule has 1 aromatic heterocycles. The summed E-state index contributed by atoms with van der Waals surface area (Å²) in [7, 11) is 0. The van der Waals surface area contributed by atoms with Gasteiger partial charge < -0.3 is 15.2 Å². The number of rotatable bonds is 6. The number of nitrogens with one attached hydrogen (secondary N) is 1. The molecule has 1 saturated heterocycles. The molecule has 1 aliphatic rings. The van der Waals surface area contributed by atoms with E-state index >= 15 is 0 Å². The fraction of sp³-hybridized carbons (Fsp3) is 0.400. The van der Waals surface area contributed by atoms with Crippen LogP contribution in [0.4, 0.5) is 0 Å². The van der Waals surface area contributed by atoms with Crippen LogP contribution < -0.4 is 5.32 Å². The van der Waals surface area contributed by atoms with E-state index < -0.39 is 5.41 Å². The quantitative estimate of drug-likeness (QED) is 0.846. The Morgan fingerprint density at radius 1 is 1.16 bits per heavy atom. The lowest BCUT2D eigenvalue weighted by atomic mass is 9.73. The average Bonchev–Trinajstić information content (AvgIpc) is 2.68.